The van der Waals surface area contributed by atoms with Gasteiger partial charge in [-0.05, 0) is 31.0 Å². The number of benzene rings is 2. The van der Waals surface area contributed by atoms with E-state index in [0.717, 1.165) is 6.61 Å². The highest BCUT2D eigenvalue weighted by molar-refractivity contribution is 8.01. The summed E-state index contributed by atoms with van der Waals surface area (Å²) in [5.41, 5.74) is 1.50. The van der Waals surface area contributed by atoms with E-state index in [2.05, 4.69) is 67.6 Å². The Morgan fingerprint density at radius 2 is 1.60 bits per heavy atom. The summed E-state index contributed by atoms with van der Waals surface area (Å²) >= 11 is 2.00. The standard InChI is InChI=1S/C18H18OS/c1-17(13-19-17)18(20-15-10-6-3-7-11-15)12-16(18)14-8-4-2-5-9-14/h2-11,16H,12-13H2,1H3/t16-,17?,18-/m1/s1. The van der Waals surface area contributed by atoms with E-state index in [-0.39, 0.29) is 10.3 Å². The van der Waals surface area contributed by atoms with Gasteiger partial charge in [0.2, 0.25) is 0 Å². The summed E-state index contributed by atoms with van der Waals surface area (Å²) in [7, 11) is 0. The van der Waals surface area contributed by atoms with Crippen molar-refractivity contribution in [2.45, 2.75) is 34.5 Å². The molecule has 1 saturated heterocycles. The van der Waals surface area contributed by atoms with Crippen LogP contribution in [0.1, 0.15) is 24.8 Å². The first-order chi connectivity index (χ1) is 9.74. The van der Waals surface area contributed by atoms with Crippen LogP contribution in [0.5, 0.6) is 0 Å². The van der Waals surface area contributed by atoms with Crippen LogP contribution in [0.3, 0.4) is 0 Å². The molecule has 1 unspecified atom stereocenters. The second-order valence-corrected chi connectivity index (χ2v) is 7.40. The first-order valence-electron chi connectivity index (χ1n) is 7.17. The lowest BCUT2D eigenvalue weighted by atomic mass is 10.0. The maximum absolute atomic E-state index is 5.83. The van der Waals surface area contributed by atoms with E-state index in [9.17, 15) is 0 Å². The molecule has 1 heterocycles. The highest BCUT2D eigenvalue weighted by Gasteiger charge is 2.71. The third kappa shape index (κ3) is 1.90. The van der Waals surface area contributed by atoms with Crippen molar-refractivity contribution in [1.82, 2.24) is 0 Å². The number of rotatable bonds is 4. The molecule has 1 aliphatic heterocycles. The van der Waals surface area contributed by atoms with Gasteiger partial charge in [-0.3, -0.25) is 0 Å². The van der Waals surface area contributed by atoms with Gasteiger partial charge in [-0.15, -0.1) is 11.8 Å². The highest BCUT2D eigenvalue weighted by atomic mass is 32.2. The van der Waals surface area contributed by atoms with Crippen LogP contribution in [-0.4, -0.2) is 17.0 Å². The fourth-order valence-corrected chi connectivity index (χ4v) is 4.75. The van der Waals surface area contributed by atoms with Crippen molar-refractivity contribution in [1.29, 1.82) is 0 Å². The Hall–Kier alpha value is -1.25. The van der Waals surface area contributed by atoms with Gasteiger partial charge in [0.25, 0.3) is 0 Å². The fourth-order valence-electron chi connectivity index (χ4n) is 3.17. The molecule has 4 rings (SSSR count). The Kier molecular flexibility index (Phi) is 2.73. The second kappa shape index (κ2) is 4.37. The van der Waals surface area contributed by atoms with Crippen LogP contribution >= 0.6 is 11.8 Å². The summed E-state index contributed by atoms with van der Waals surface area (Å²) in [5, 5.41) is 0. The van der Waals surface area contributed by atoms with Gasteiger partial charge in [-0.2, -0.15) is 0 Å². The zero-order valence-electron chi connectivity index (χ0n) is 11.6. The van der Waals surface area contributed by atoms with E-state index in [4.69, 9.17) is 4.74 Å². The normalized spacial score (nSPS) is 34.8. The van der Waals surface area contributed by atoms with E-state index < -0.39 is 0 Å². The number of ether oxygens (including phenoxy) is 1. The zero-order valence-corrected chi connectivity index (χ0v) is 12.4. The Bertz CT molecular complexity index is 606. The second-order valence-electron chi connectivity index (χ2n) is 5.99. The Balaban J connectivity index is 1.65. The zero-order chi connectivity index (χ0) is 13.6. The molecular weight excluding hydrogens is 264 g/mol. The molecule has 2 aliphatic rings. The number of hydrogen-bond acceptors (Lipinski definition) is 2. The van der Waals surface area contributed by atoms with E-state index in [0.29, 0.717) is 5.92 Å². The van der Waals surface area contributed by atoms with Gasteiger partial charge in [0, 0.05) is 10.8 Å². The average Bonchev–Trinajstić information content (AvgIpc) is 3.39. The molecular formula is C18H18OS. The molecule has 2 fully saturated rings. The fraction of sp³-hybridized carbons (Fsp3) is 0.333. The Labute approximate surface area is 124 Å². The highest BCUT2D eigenvalue weighted by Crippen LogP contribution is 2.71. The van der Waals surface area contributed by atoms with Crippen LogP contribution in [0.2, 0.25) is 0 Å². The average molecular weight is 282 g/mol. The van der Waals surface area contributed by atoms with Gasteiger partial charge in [0.15, 0.2) is 0 Å². The van der Waals surface area contributed by atoms with Gasteiger partial charge in [0.1, 0.15) is 5.60 Å². The monoisotopic (exact) mass is 282 g/mol. The molecule has 0 spiro atoms. The van der Waals surface area contributed by atoms with Crippen molar-refractivity contribution >= 4 is 11.8 Å². The molecule has 3 atom stereocenters. The SMILES string of the molecule is CC1([C@@]2(Sc3ccccc3)C[C@@H]2c2ccccc2)CO1. The number of thioether (sulfide) groups is 1. The van der Waals surface area contributed by atoms with Crippen LogP contribution in [0.15, 0.2) is 65.6 Å². The minimum atomic E-state index is 0.0496. The van der Waals surface area contributed by atoms with Crippen LogP contribution < -0.4 is 0 Å². The van der Waals surface area contributed by atoms with Crippen molar-refractivity contribution < 1.29 is 4.74 Å². The van der Waals surface area contributed by atoms with Crippen LogP contribution in [0.25, 0.3) is 0 Å². The summed E-state index contributed by atoms with van der Waals surface area (Å²) in [6, 6.07) is 21.6. The van der Waals surface area contributed by atoms with Crippen LogP contribution in [-0.2, 0) is 4.74 Å². The van der Waals surface area contributed by atoms with Gasteiger partial charge in [0.05, 0.1) is 11.4 Å². The smallest absolute Gasteiger partial charge is 0.104 e. The quantitative estimate of drug-likeness (QED) is 0.766. The van der Waals surface area contributed by atoms with E-state index >= 15 is 0 Å². The van der Waals surface area contributed by atoms with Crippen LogP contribution in [0, 0.1) is 0 Å². The van der Waals surface area contributed by atoms with Crippen molar-refractivity contribution in [3.63, 3.8) is 0 Å². The van der Waals surface area contributed by atoms with Crippen molar-refractivity contribution in [3.05, 3.63) is 66.2 Å². The van der Waals surface area contributed by atoms with Gasteiger partial charge >= 0.3 is 0 Å². The minimum Gasteiger partial charge on any atom is -0.368 e. The number of hydrogen-bond donors (Lipinski definition) is 0. The molecule has 0 aromatic heterocycles. The maximum Gasteiger partial charge on any atom is 0.104 e. The van der Waals surface area contributed by atoms with Crippen molar-refractivity contribution in [2.24, 2.45) is 0 Å². The summed E-state index contributed by atoms with van der Waals surface area (Å²) in [4.78, 5) is 1.35. The maximum atomic E-state index is 5.83. The molecule has 0 radical (unpaired) electrons. The molecule has 20 heavy (non-hydrogen) atoms. The lowest BCUT2D eigenvalue weighted by Crippen LogP contribution is -2.27. The molecule has 2 aromatic rings. The third-order valence-corrected chi connectivity index (χ3v) is 6.38. The first-order valence-corrected chi connectivity index (χ1v) is 7.98. The van der Waals surface area contributed by atoms with Gasteiger partial charge in [-0.1, -0.05) is 48.5 Å². The molecule has 0 amide bonds. The van der Waals surface area contributed by atoms with E-state index in [1.54, 1.807) is 0 Å². The molecule has 2 heteroatoms. The summed E-state index contributed by atoms with van der Waals surface area (Å²) in [5.74, 6) is 0.612. The summed E-state index contributed by atoms with van der Waals surface area (Å²) < 4.78 is 6.04. The molecule has 1 nitrogen and oxygen atoms in total. The van der Waals surface area contributed by atoms with Crippen molar-refractivity contribution in [2.75, 3.05) is 6.61 Å². The Morgan fingerprint density at radius 3 is 2.20 bits per heavy atom. The molecule has 1 saturated carbocycles. The lowest BCUT2D eigenvalue weighted by Gasteiger charge is -2.22. The summed E-state index contributed by atoms with van der Waals surface area (Å²) in [6.45, 7) is 3.17. The van der Waals surface area contributed by atoms with Gasteiger partial charge in [-0.25, -0.2) is 0 Å². The first kappa shape index (κ1) is 12.5. The topological polar surface area (TPSA) is 12.5 Å². The molecule has 0 N–H and O–H groups in total. The largest absolute Gasteiger partial charge is 0.368 e. The van der Waals surface area contributed by atoms with Crippen LogP contribution in [0.4, 0.5) is 0 Å². The predicted octanol–water partition coefficient (Wildman–Crippen LogP) is 4.49. The Morgan fingerprint density at radius 1 is 1.00 bits per heavy atom. The van der Waals surface area contributed by atoms with E-state index in [1.165, 1.54) is 16.9 Å². The van der Waals surface area contributed by atoms with E-state index in [1.807, 2.05) is 11.8 Å². The number of epoxide rings is 1. The minimum absolute atomic E-state index is 0.0496. The lowest BCUT2D eigenvalue weighted by molar-refractivity contribution is 0.306. The molecule has 2 aromatic carbocycles. The molecule has 0 bridgehead atoms. The molecule has 1 aliphatic carbocycles. The molecule has 102 valence electrons. The van der Waals surface area contributed by atoms with Crippen molar-refractivity contribution in [3.8, 4) is 0 Å². The van der Waals surface area contributed by atoms with Gasteiger partial charge < -0.3 is 4.74 Å². The third-order valence-electron chi connectivity index (χ3n) is 4.63. The summed E-state index contributed by atoms with van der Waals surface area (Å²) in [6.07, 6.45) is 1.22. The predicted molar refractivity (Wildman–Crippen MR) is 83.2 cm³/mol.